The van der Waals surface area contributed by atoms with Crippen molar-refractivity contribution in [2.45, 2.75) is 19.1 Å². The van der Waals surface area contributed by atoms with Crippen molar-refractivity contribution >= 4 is 33.3 Å². The van der Waals surface area contributed by atoms with Crippen LogP contribution in [0.3, 0.4) is 0 Å². The number of carbonyl (C=O) groups excluding carboxylic acids is 1. The SMILES string of the molecule is O=C(Nc1ccccc1-c1nc2cc(CN3CC[C@@H](F)C3)cnc2s1)c1cccc(-c2ccc[n+]([O-])c2)c1. The van der Waals surface area contributed by atoms with E-state index in [0.29, 0.717) is 30.8 Å². The van der Waals surface area contributed by atoms with E-state index in [-0.39, 0.29) is 5.91 Å². The van der Waals surface area contributed by atoms with E-state index in [4.69, 9.17) is 4.98 Å². The van der Waals surface area contributed by atoms with Gasteiger partial charge in [-0.05, 0) is 53.9 Å². The molecule has 7 nitrogen and oxygen atoms in total. The van der Waals surface area contributed by atoms with Gasteiger partial charge in [0.2, 0.25) is 0 Å². The Balaban J connectivity index is 1.24. The summed E-state index contributed by atoms with van der Waals surface area (Å²) in [4.78, 5) is 25.5. The minimum atomic E-state index is -0.755. The number of carbonyl (C=O) groups is 1. The van der Waals surface area contributed by atoms with Gasteiger partial charge >= 0.3 is 0 Å². The number of rotatable bonds is 6. The van der Waals surface area contributed by atoms with Crippen molar-refractivity contribution < 1.29 is 13.9 Å². The highest BCUT2D eigenvalue weighted by atomic mass is 32.1. The van der Waals surface area contributed by atoms with Crippen LogP contribution in [0.4, 0.5) is 10.1 Å². The number of thiazole rings is 1. The van der Waals surface area contributed by atoms with Crippen LogP contribution in [-0.4, -0.2) is 40.0 Å². The zero-order valence-corrected chi connectivity index (χ0v) is 21.2. The monoisotopic (exact) mass is 525 g/mol. The average Bonchev–Trinajstić information content (AvgIpc) is 3.54. The average molecular weight is 526 g/mol. The number of anilines is 1. The fourth-order valence-electron chi connectivity index (χ4n) is 4.69. The van der Waals surface area contributed by atoms with E-state index in [1.54, 1.807) is 24.3 Å². The van der Waals surface area contributed by atoms with Crippen molar-refractivity contribution in [3.63, 3.8) is 0 Å². The zero-order chi connectivity index (χ0) is 26.1. The van der Waals surface area contributed by atoms with Crippen LogP contribution in [0.5, 0.6) is 0 Å². The fraction of sp³-hybridized carbons (Fsp3) is 0.172. The highest BCUT2D eigenvalue weighted by molar-refractivity contribution is 7.21. The van der Waals surface area contributed by atoms with Crippen LogP contribution in [-0.2, 0) is 6.54 Å². The number of alkyl halides is 1. The summed E-state index contributed by atoms with van der Waals surface area (Å²) < 4.78 is 14.3. The van der Waals surface area contributed by atoms with Gasteiger partial charge in [-0.1, -0.05) is 35.6 Å². The molecule has 0 saturated carbocycles. The molecule has 1 amide bonds. The third kappa shape index (κ3) is 5.11. The van der Waals surface area contributed by atoms with Gasteiger partial charge in [-0.3, -0.25) is 9.69 Å². The van der Waals surface area contributed by atoms with Crippen molar-refractivity contribution in [3.8, 4) is 21.7 Å². The quantitative estimate of drug-likeness (QED) is 0.235. The number of halogens is 1. The molecule has 0 unspecified atom stereocenters. The predicted molar refractivity (Wildman–Crippen MR) is 146 cm³/mol. The highest BCUT2D eigenvalue weighted by Crippen LogP contribution is 2.34. The number of likely N-dealkylation sites (tertiary alicyclic amines) is 1. The second-order valence-electron chi connectivity index (χ2n) is 9.34. The van der Waals surface area contributed by atoms with Gasteiger partial charge in [-0.25, -0.2) is 14.4 Å². The van der Waals surface area contributed by atoms with E-state index in [1.165, 1.54) is 23.7 Å². The van der Waals surface area contributed by atoms with Gasteiger partial charge in [-0.15, -0.1) is 0 Å². The van der Waals surface area contributed by atoms with Crippen LogP contribution in [0.25, 0.3) is 32.0 Å². The summed E-state index contributed by atoms with van der Waals surface area (Å²) in [5.41, 5.74) is 5.22. The smallest absolute Gasteiger partial charge is 0.255 e. The molecule has 1 aliphatic rings. The first-order valence-corrected chi connectivity index (χ1v) is 13.2. The lowest BCUT2D eigenvalue weighted by molar-refractivity contribution is -0.604. The third-order valence-electron chi connectivity index (χ3n) is 6.56. The molecule has 4 heterocycles. The number of amides is 1. The normalized spacial score (nSPS) is 15.7. The molecule has 1 fully saturated rings. The van der Waals surface area contributed by atoms with Crippen LogP contribution in [0.15, 0.2) is 85.3 Å². The molecular formula is C29H24FN5O2S. The predicted octanol–water partition coefficient (Wildman–Crippen LogP) is 5.45. The van der Waals surface area contributed by atoms with E-state index in [1.807, 2.05) is 48.7 Å². The summed E-state index contributed by atoms with van der Waals surface area (Å²) >= 11 is 1.46. The van der Waals surface area contributed by atoms with Crippen molar-refractivity contribution in [1.82, 2.24) is 14.9 Å². The minimum Gasteiger partial charge on any atom is -0.619 e. The number of benzene rings is 2. The molecule has 2 aromatic carbocycles. The van der Waals surface area contributed by atoms with Crippen LogP contribution in [0.2, 0.25) is 0 Å². The number of hydrogen-bond acceptors (Lipinski definition) is 6. The van der Waals surface area contributed by atoms with Crippen molar-refractivity contribution in [2.24, 2.45) is 0 Å². The number of pyridine rings is 2. The minimum absolute atomic E-state index is 0.261. The first kappa shape index (κ1) is 24.1. The van der Waals surface area contributed by atoms with Crippen molar-refractivity contribution in [3.05, 3.63) is 102 Å². The Morgan fingerprint density at radius 3 is 2.84 bits per heavy atom. The second kappa shape index (κ2) is 10.3. The summed E-state index contributed by atoms with van der Waals surface area (Å²) in [5, 5.41) is 15.5. The van der Waals surface area contributed by atoms with Crippen LogP contribution in [0.1, 0.15) is 22.3 Å². The molecule has 190 valence electrons. The maximum atomic E-state index is 13.6. The molecule has 9 heteroatoms. The summed E-state index contributed by atoms with van der Waals surface area (Å²) in [7, 11) is 0. The molecule has 5 aromatic rings. The first-order chi connectivity index (χ1) is 18.5. The Morgan fingerprint density at radius 2 is 2.00 bits per heavy atom. The lowest BCUT2D eigenvalue weighted by Crippen LogP contribution is -2.23. The summed E-state index contributed by atoms with van der Waals surface area (Å²) in [6.07, 6.45) is 4.55. The Kier molecular flexibility index (Phi) is 6.53. The molecule has 1 atom stereocenters. The number of hydrogen-bond donors (Lipinski definition) is 1. The highest BCUT2D eigenvalue weighted by Gasteiger charge is 2.22. The largest absolute Gasteiger partial charge is 0.619 e. The second-order valence-corrected chi connectivity index (χ2v) is 10.3. The van der Waals surface area contributed by atoms with Gasteiger partial charge in [-0.2, -0.15) is 4.73 Å². The van der Waals surface area contributed by atoms with Gasteiger partial charge in [0.25, 0.3) is 5.91 Å². The van der Waals surface area contributed by atoms with Crippen molar-refractivity contribution in [1.29, 1.82) is 0 Å². The molecular weight excluding hydrogens is 501 g/mol. The summed E-state index contributed by atoms with van der Waals surface area (Å²) in [6.45, 7) is 1.86. The zero-order valence-electron chi connectivity index (χ0n) is 20.4. The molecule has 1 aliphatic heterocycles. The van der Waals surface area contributed by atoms with Crippen molar-refractivity contribution in [2.75, 3.05) is 18.4 Å². The summed E-state index contributed by atoms with van der Waals surface area (Å²) in [5.74, 6) is -0.261. The Bertz CT molecular complexity index is 1640. The van der Waals surface area contributed by atoms with Gasteiger partial charge in [0.15, 0.2) is 12.4 Å². The molecule has 1 N–H and O–H groups in total. The number of fused-ring (bicyclic) bond motifs is 1. The van der Waals surface area contributed by atoms with Crippen LogP contribution >= 0.6 is 11.3 Å². The maximum Gasteiger partial charge on any atom is 0.255 e. The number of nitrogens with one attached hydrogen (secondary N) is 1. The van der Waals surface area contributed by atoms with E-state index >= 15 is 0 Å². The third-order valence-corrected chi connectivity index (χ3v) is 7.58. The van der Waals surface area contributed by atoms with Crippen LogP contribution < -0.4 is 10.0 Å². The number of nitrogens with zero attached hydrogens (tertiary/aromatic N) is 4. The van der Waals surface area contributed by atoms with Gasteiger partial charge in [0.05, 0.1) is 5.69 Å². The molecule has 3 aromatic heterocycles. The Hall–Kier alpha value is -4.21. The fourth-order valence-corrected chi connectivity index (χ4v) is 5.62. The molecule has 1 saturated heterocycles. The molecule has 38 heavy (non-hydrogen) atoms. The van der Waals surface area contributed by atoms with Gasteiger partial charge in [0.1, 0.15) is 21.5 Å². The Morgan fingerprint density at radius 1 is 1.13 bits per heavy atom. The van der Waals surface area contributed by atoms with E-state index in [0.717, 1.165) is 48.9 Å². The summed E-state index contributed by atoms with van der Waals surface area (Å²) in [6, 6.07) is 20.2. The van der Waals surface area contributed by atoms with Gasteiger partial charge in [0, 0.05) is 48.6 Å². The maximum absolute atomic E-state index is 13.6. The number of aromatic nitrogens is 3. The van der Waals surface area contributed by atoms with E-state index in [2.05, 4.69) is 15.2 Å². The molecule has 6 rings (SSSR count). The van der Waals surface area contributed by atoms with Gasteiger partial charge < -0.3 is 10.5 Å². The standard InChI is InChI=1S/C29H24FN5O2S/c30-23-10-12-34(18-23)16-19-13-26-29(31-15-19)38-28(33-26)24-8-1-2-9-25(24)32-27(36)21-6-3-5-20(14-21)22-7-4-11-35(37)17-22/h1-9,11,13-15,17,23H,10,12,16,18H2,(H,32,36)/t23-/m1/s1. The Labute approximate surface area is 222 Å². The lowest BCUT2D eigenvalue weighted by atomic mass is 10.0. The first-order valence-electron chi connectivity index (χ1n) is 12.3. The molecule has 0 aliphatic carbocycles. The van der Waals surface area contributed by atoms with E-state index in [9.17, 15) is 14.4 Å². The number of para-hydroxylation sites is 1. The lowest BCUT2D eigenvalue weighted by Gasteiger charge is -2.13. The molecule has 0 bridgehead atoms. The topological polar surface area (TPSA) is 85.1 Å². The van der Waals surface area contributed by atoms with E-state index < -0.39 is 6.17 Å². The molecule has 0 radical (unpaired) electrons. The van der Waals surface area contributed by atoms with Crippen LogP contribution in [0, 0.1) is 5.21 Å². The molecule has 0 spiro atoms.